The normalized spacial score (nSPS) is 20.9. The first-order valence-corrected chi connectivity index (χ1v) is 12.2. The first-order valence-electron chi connectivity index (χ1n) is 11.8. The lowest BCUT2D eigenvalue weighted by Gasteiger charge is -2.32. The van der Waals surface area contributed by atoms with Crippen LogP contribution < -0.4 is 20.3 Å². The molecule has 0 radical (unpaired) electrons. The van der Waals surface area contributed by atoms with E-state index in [4.69, 9.17) is 26.4 Å². The number of fused-ring (bicyclic) bond motifs is 2. The molecule has 2 fully saturated rings. The van der Waals surface area contributed by atoms with Crippen LogP contribution in [0, 0.1) is 0 Å². The van der Waals surface area contributed by atoms with Crippen molar-refractivity contribution in [2.24, 2.45) is 0 Å². The van der Waals surface area contributed by atoms with Crippen molar-refractivity contribution in [1.82, 2.24) is 15.2 Å². The van der Waals surface area contributed by atoms with Crippen LogP contribution in [-0.4, -0.2) is 53.5 Å². The van der Waals surface area contributed by atoms with Gasteiger partial charge in [0, 0.05) is 36.2 Å². The van der Waals surface area contributed by atoms with Crippen molar-refractivity contribution in [1.29, 1.82) is 0 Å². The summed E-state index contributed by atoms with van der Waals surface area (Å²) in [7, 11) is 0. The topological polar surface area (TPSA) is 75.8 Å². The van der Waals surface area contributed by atoms with E-state index in [9.17, 15) is 4.79 Å². The van der Waals surface area contributed by atoms with Crippen molar-refractivity contribution in [3.63, 3.8) is 0 Å². The van der Waals surface area contributed by atoms with Gasteiger partial charge >= 0.3 is 0 Å². The van der Waals surface area contributed by atoms with Crippen molar-refractivity contribution in [3.8, 4) is 11.5 Å². The van der Waals surface area contributed by atoms with Crippen LogP contribution in [0.2, 0.25) is 0 Å². The first-order chi connectivity index (χ1) is 15.7. The zero-order valence-electron chi connectivity index (χ0n) is 18.4. The molecule has 1 atom stereocenters. The molecular formula is C24H31N3O4S. The van der Waals surface area contributed by atoms with Crippen molar-refractivity contribution in [3.05, 3.63) is 34.1 Å². The summed E-state index contributed by atoms with van der Waals surface area (Å²) in [6, 6.07) is 6.14. The van der Waals surface area contributed by atoms with E-state index in [-0.39, 0.29) is 11.7 Å². The largest absolute Gasteiger partial charge is 0.486 e. The molecule has 2 N–H and O–H groups in total. The number of nitrogens with one attached hydrogen (secondary N) is 2. The quantitative estimate of drug-likeness (QED) is 0.666. The van der Waals surface area contributed by atoms with Crippen molar-refractivity contribution in [2.45, 2.75) is 63.6 Å². The lowest BCUT2D eigenvalue weighted by atomic mass is 9.96. The summed E-state index contributed by atoms with van der Waals surface area (Å²) in [6.07, 6.45) is 8.34. The molecule has 2 aromatic rings. The maximum absolute atomic E-state index is 12.9. The number of pyridine rings is 1. The molecule has 8 heteroatoms. The van der Waals surface area contributed by atoms with Crippen molar-refractivity contribution in [2.75, 3.05) is 26.4 Å². The Hall–Kier alpha value is -2.32. The molecule has 1 aliphatic carbocycles. The van der Waals surface area contributed by atoms with Gasteiger partial charge in [-0.25, -0.2) is 0 Å². The van der Waals surface area contributed by atoms with E-state index in [0.29, 0.717) is 54.5 Å². The fourth-order valence-corrected chi connectivity index (χ4v) is 5.18. The molecule has 3 aliphatic rings. The van der Waals surface area contributed by atoms with Crippen molar-refractivity contribution < 1.29 is 14.2 Å². The fraction of sp³-hybridized carbons (Fsp3) is 0.583. The smallest absolute Gasteiger partial charge is 0.253 e. The van der Waals surface area contributed by atoms with Crippen LogP contribution in [0.4, 0.5) is 0 Å². The number of H-pyrrole nitrogens is 1. The highest BCUT2D eigenvalue weighted by molar-refractivity contribution is 7.80. The second kappa shape index (κ2) is 9.67. The first kappa shape index (κ1) is 21.5. The number of rotatable bonds is 5. The molecule has 1 aromatic heterocycles. The summed E-state index contributed by atoms with van der Waals surface area (Å²) in [5, 5.41) is 5.20. The van der Waals surface area contributed by atoms with Crippen LogP contribution in [0.5, 0.6) is 11.5 Å². The lowest BCUT2D eigenvalue weighted by molar-refractivity contribution is 0.0894. The number of aromatic nitrogens is 1. The van der Waals surface area contributed by atoms with Gasteiger partial charge in [0.05, 0.1) is 18.2 Å². The third-order valence-corrected chi connectivity index (χ3v) is 6.99. The molecule has 32 heavy (non-hydrogen) atoms. The van der Waals surface area contributed by atoms with Crippen LogP contribution >= 0.6 is 12.2 Å². The maximum Gasteiger partial charge on any atom is 0.253 e. The SMILES string of the molecule is O=c1[nH]c2cc3c(cc2cc1CN(CC1CCCO1)C(=S)NC1CCCCC1)OCCO3. The van der Waals surface area contributed by atoms with E-state index in [1.54, 1.807) is 0 Å². The molecule has 0 amide bonds. The zero-order chi connectivity index (χ0) is 21.9. The fourth-order valence-electron chi connectivity index (χ4n) is 4.88. The summed E-state index contributed by atoms with van der Waals surface area (Å²) in [5.41, 5.74) is 1.32. The number of benzene rings is 1. The Labute approximate surface area is 193 Å². The van der Waals surface area contributed by atoms with E-state index in [1.807, 2.05) is 18.2 Å². The van der Waals surface area contributed by atoms with Gasteiger partial charge in [-0.3, -0.25) is 4.79 Å². The minimum atomic E-state index is -0.105. The standard InChI is InChI=1S/C24H31N3O4S/c28-23-17(11-16-12-21-22(13-20(16)26-23)31-10-9-30-21)14-27(15-19-7-4-8-29-19)24(32)25-18-5-2-1-3-6-18/h11-13,18-19H,1-10,14-15H2,(H,25,32)(H,26,28). The van der Waals surface area contributed by atoms with E-state index in [2.05, 4.69) is 15.2 Å². The number of hydrogen-bond donors (Lipinski definition) is 2. The highest BCUT2D eigenvalue weighted by Gasteiger charge is 2.24. The summed E-state index contributed by atoms with van der Waals surface area (Å²) in [4.78, 5) is 18.1. The molecule has 2 aliphatic heterocycles. The monoisotopic (exact) mass is 457 g/mol. The molecule has 1 aromatic carbocycles. The van der Waals surface area contributed by atoms with Gasteiger partial charge in [-0.15, -0.1) is 0 Å². The summed E-state index contributed by atoms with van der Waals surface area (Å²) in [6.45, 7) is 2.98. The van der Waals surface area contributed by atoms with E-state index < -0.39 is 0 Å². The van der Waals surface area contributed by atoms with Crippen LogP contribution in [0.1, 0.15) is 50.5 Å². The average Bonchev–Trinajstić information content (AvgIpc) is 3.32. The molecule has 7 nitrogen and oxygen atoms in total. The Balaban J connectivity index is 1.39. The molecule has 1 saturated carbocycles. The predicted molar refractivity (Wildman–Crippen MR) is 128 cm³/mol. The Morgan fingerprint density at radius 3 is 2.56 bits per heavy atom. The second-order valence-electron chi connectivity index (χ2n) is 9.01. The second-order valence-corrected chi connectivity index (χ2v) is 9.39. The maximum atomic E-state index is 12.9. The van der Waals surface area contributed by atoms with Gasteiger partial charge in [0.15, 0.2) is 16.6 Å². The van der Waals surface area contributed by atoms with Gasteiger partial charge < -0.3 is 29.4 Å². The molecular weight excluding hydrogens is 426 g/mol. The van der Waals surface area contributed by atoms with Crippen LogP contribution in [0.25, 0.3) is 10.9 Å². The van der Waals surface area contributed by atoms with E-state index in [0.717, 1.165) is 43.2 Å². The average molecular weight is 458 g/mol. The number of hydrogen-bond acceptors (Lipinski definition) is 5. The number of aromatic amines is 1. The van der Waals surface area contributed by atoms with Crippen LogP contribution in [0.15, 0.2) is 23.0 Å². The van der Waals surface area contributed by atoms with E-state index >= 15 is 0 Å². The number of nitrogens with zero attached hydrogens (tertiary/aromatic N) is 1. The van der Waals surface area contributed by atoms with Gasteiger partial charge in [0.1, 0.15) is 13.2 Å². The summed E-state index contributed by atoms with van der Waals surface area (Å²) < 4.78 is 17.2. The molecule has 5 rings (SSSR count). The molecule has 172 valence electrons. The van der Waals surface area contributed by atoms with Gasteiger partial charge in [-0.2, -0.15) is 0 Å². The number of ether oxygens (including phenoxy) is 3. The molecule has 0 spiro atoms. The number of thiocarbonyl (C=S) groups is 1. The Bertz CT molecular complexity index is 1030. The van der Waals surface area contributed by atoms with Crippen LogP contribution in [0.3, 0.4) is 0 Å². The lowest BCUT2D eigenvalue weighted by Crippen LogP contribution is -2.47. The Morgan fingerprint density at radius 2 is 1.81 bits per heavy atom. The summed E-state index contributed by atoms with van der Waals surface area (Å²) in [5.74, 6) is 1.39. The molecule has 1 saturated heterocycles. The van der Waals surface area contributed by atoms with Crippen LogP contribution in [-0.2, 0) is 11.3 Å². The third kappa shape index (κ3) is 4.86. The van der Waals surface area contributed by atoms with Gasteiger partial charge in [0.2, 0.25) is 0 Å². The Morgan fingerprint density at radius 1 is 1.03 bits per heavy atom. The summed E-state index contributed by atoms with van der Waals surface area (Å²) >= 11 is 5.82. The highest BCUT2D eigenvalue weighted by atomic mass is 32.1. The molecule has 1 unspecified atom stereocenters. The molecule has 3 heterocycles. The van der Waals surface area contributed by atoms with Gasteiger partial charge in [0.25, 0.3) is 5.56 Å². The van der Waals surface area contributed by atoms with Gasteiger partial charge in [-0.1, -0.05) is 19.3 Å². The van der Waals surface area contributed by atoms with Crippen molar-refractivity contribution >= 4 is 28.2 Å². The Kier molecular flexibility index (Phi) is 6.50. The van der Waals surface area contributed by atoms with Gasteiger partial charge in [-0.05, 0) is 50.0 Å². The predicted octanol–water partition coefficient (Wildman–Crippen LogP) is 3.49. The minimum Gasteiger partial charge on any atom is -0.486 e. The third-order valence-electron chi connectivity index (χ3n) is 6.61. The van der Waals surface area contributed by atoms with E-state index in [1.165, 1.54) is 19.3 Å². The minimum absolute atomic E-state index is 0.105. The zero-order valence-corrected chi connectivity index (χ0v) is 19.2. The molecule has 0 bridgehead atoms. The highest BCUT2D eigenvalue weighted by Crippen LogP contribution is 2.33.